The van der Waals surface area contributed by atoms with Gasteiger partial charge in [-0.2, -0.15) is 0 Å². The summed E-state index contributed by atoms with van der Waals surface area (Å²) >= 11 is 0. The van der Waals surface area contributed by atoms with Gasteiger partial charge in [0, 0.05) is 26.2 Å². The van der Waals surface area contributed by atoms with E-state index in [0.717, 1.165) is 18.4 Å². The topological polar surface area (TPSA) is 29.3 Å². The van der Waals surface area contributed by atoms with E-state index in [-0.39, 0.29) is 0 Å². The van der Waals surface area contributed by atoms with Crippen LogP contribution in [0.4, 0.5) is 0 Å². The molecule has 1 aromatic carbocycles. The van der Waals surface area contributed by atoms with Crippen LogP contribution in [0.2, 0.25) is 0 Å². The van der Waals surface area contributed by atoms with Crippen molar-refractivity contribution in [3.63, 3.8) is 0 Å². The molecule has 2 N–H and O–H groups in total. The Labute approximate surface area is 105 Å². The first-order valence-electron chi connectivity index (χ1n) is 6.67. The van der Waals surface area contributed by atoms with Crippen LogP contribution in [-0.4, -0.2) is 18.0 Å². The van der Waals surface area contributed by atoms with Crippen LogP contribution in [0, 0.1) is 11.8 Å². The number of rotatable bonds is 3. The van der Waals surface area contributed by atoms with Crippen LogP contribution in [-0.2, 0) is 13.1 Å². The summed E-state index contributed by atoms with van der Waals surface area (Å²) in [6, 6.07) is 8.72. The molecule has 1 saturated heterocycles. The lowest BCUT2D eigenvalue weighted by molar-refractivity contribution is 0.134. The molecular formula is C15H24N2. The Morgan fingerprint density at radius 2 is 1.59 bits per heavy atom. The fourth-order valence-corrected chi connectivity index (χ4v) is 2.96. The SMILES string of the molecule is C[C@@H]1C[C@@H](C)CN(Cc2ccc(CN)cc2)C1. The van der Waals surface area contributed by atoms with E-state index in [1.54, 1.807) is 0 Å². The molecule has 0 spiro atoms. The molecule has 0 aromatic heterocycles. The van der Waals surface area contributed by atoms with Crippen molar-refractivity contribution in [2.24, 2.45) is 17.6 Å². The number of likely N-dealkylation sites (tertiary alicyclic amines) is 1. The second-order valence-electron chi connectivity index (χ2n) is 5.66. The summed E-state index contributed by atoms with van der Waals surface area (Å²) in [6.45, 7) is 8.92. The molecule has 17 heavy (non-hydrogen) atoms. The Bertz CT molecular complexity index is 334. The normalized spacial score (nSPS) is 26.1. The van der Waals surface area contributed by atoms with Crippen molar-refractivity contribution in [1.29, 1.82) is 0 Å². The summed E-state index contributed by atoms with van der Waals surface area (Å²) < 4.78 is 0. The number of hydrogen-bond donors (Lipinski definition) is 1. The summed E-state index contributed by atoms with van der Waals surface area (Å²) in [7, 11) is 0. The molecule has 94 valence electrons. The minimum atomic E-state index is 0.637. The zero-order valence-corrected chi connectivity index (χ0v) is 11.0. The highest BCUT2D eigenvalue weighted by atomic mass is 15.1. The monoisotopic (exact) mass is 232 g/mol. The molecule has 1 aliphatic rings. The summed E-state index contributed by atoms with van der Waals surface area (Å²) in [6.07, 6.45) is 1.38. The van der Waals surface area contributed by atoms with Gasteiger partial charge < -0.3 is 5.73 Å². The van der Waals surface area contributed by atoms with Gasteiger partial charge in [0.25, 0.3) is 0 Å². The van der Waals surface area contributed by atoms with Gasteiger partial charge in [-0.05, 0) is 29.4 Å². The molecule has 0 aliphatic carbocycles. The first-order valence-corrected chi connectivity index (χ1v) is 6.67. The van der Waals surface area contributed by atoms with Gasteiger partial charge in [-0.15, -0.1) is 0 Å². The highest BCUT2D eigenvalue weighted by Crippen LogP contribution is 2.22. The van der Waals surface area contributed by atoms with Crippen molar-refractivity contribution >= 4 is 0 Å². The number of nitrogens with zero attached hydrogens (tertiary/aromatic N) is 1. The van der Waals surface area contributed by atoms with E-state index < -0.39 is 0 Å². The number of benzene rings is 1. The highest BCUT2D eigenvalue weighted by Gasteiger charge is 2.21. The Kier molecular flexibility index (Phi) is 4.19. The predicted molar refractivity (Wildman–Crippen MR) is 72.6 cm³/mol. The van der Waals surface area contributed by atoms with Gasteiger partial charge in [0.2, 0.25) is 0 Å². The van der Waals surface area contributed by atoms with Gasteiger partial charge >= 0.3 is 0 Å². The van der Waals surface area contributed by atoms with Crippen LogP contribution in [0.3, 0.4) is 0 Å². The third kappa shape index (κ3) is 3.55. The summed E-state index contributed by atoms with van der Waals surface area (Å²) in [5.74, 6) is 1.67. The van der Waals surface area contributed by atoms with Crippen molar-refractivity contribution in [1.82, 2.24) is 4.90 Å². The highest BCUT2D eigenvalue weighted by molar-refractivity contribution is 5.22. The minimum Gasteiger partial charge on any atom is -0.326 e. The van der Waals surface area contributed by atoms with Crippen molar-refractivity contribution < 1.29 is 0 Å². The molecule has 0 radical (unpaired) electrons. The van der Waals surface area contributed by atoms with Crippen LogP contribution in [0.15, 0.2) is 24.3 Å². The molecular weight excluding hydrogens is 208 g/mol. The van der Waals surface area contributed by atoms with E-state index in [2.05, 4.69) is 43.0 Å². The molecule has 0 amide bonds. The van der Waals surface area contributed by atoms with E-state index in [1.165, 1.54) is 30.6 Å². The molecule has 2 nitrogen and oxygen atoms in total. The fraction of sp³-hybridized carbons (Fsp3) is 0.600. The second-order valence-corrected chi connectivity index (χ2v) is 5.66. The lowest BCUT2D eigenvalue weighted by Crippen LogP contribution is -2.38. The number of piperidine rings is 1. The van der Waals surface area contributed by atoms with E-state index in [1.807, 2.05) is 0 Å². The molecule has 1 heterocycles. The maximum atomic E-state index is 5.61. The fourth-order valence-electron chi connectivity index (χ4n) is 2.96. The summed E-state index contributed by atoms with van der Waals surface area (Å²) in [4.78, 5) is 2.58. The third-order valence-corrected chi connectivity index (χ3v) is 3.61. The van der Waals surface area contributed by atoms with Gasteiger partial charge in [-0.1, -0.05) is 38.1 Å². The zero-order chi connectivity index (χ0) is 12.3. The maximum absolute atomic E-state index is 5.61. The molecule has 1 aliphatic heterocycles. The largest absolute Gasteiger partial charge is 0.326 e. The predicted octanol–water partition coefficient (Wildman–Crippen LogP) is 2.62. The third-order valence-electron chi connectivity index (χ3n) is 3.61. The number of nitrogens with two attached hydrogens (primary N) is 1. The lowest BCUT2D eigenvalue weighted by Gasteiger charge is -2.35. The molecule has 0 saturated carbocycles. The number of hydrogen-bond acceptors (Lipinski definition) is 2. The van der Waals surface area contributed by atoms with Crippen LogP contribution in [0.25, 0.3) is 0 Å². The Hall–Kier alpha value is -0.860. The molecule has 2 rings (SSSR count). The first-order chi connectivity index (χ1) is 8.17. The van der Waals surface area contributed by atoms with Gasteiger partial charge in [0.15, 0.2) is 0 Å². The molecule has 1 aromatic rings. The van der Waals surface area contributed by atoms with Crippen LogP contribution >= 0.6 is 0 Å². The van der Waals surface area contributed by atoms with E-state index in [0.29, 0.717) is 6.54 Å². The van der Waals surface area contributed by atoms with Crippen molar-refractivity contribution in [2.75, 3.05) is 13.1 Å². The average molecular weight is 232 g/mol. The van der Waals surface area contributed by atoms with Crippen molar-refractivity contribution in [3.05, 3.63) is 35.4 Å². The quantitative estimate of drug-likeness (QED) is 0.868. The smallest absolute Gasteiger partial charge is 0.0233 e. The van der Waals surface area contributed by atoms with E-state index in [9.17, 15) is 0 Å². The Morgan fingerprint density at radius 3 is 2.12 bits per heavy atom. The first kappa shape index (κ1) is 12.6. The second kappa shape index (κ2) is 5.65. The Balaban J connectivity index is 1.95. The van der Waals surface area contributed by atoms with Crippen molar-refractivity contribution in [3.8, 4) is 0 Å². The molecule has 2 atom stereocenters. The maximum Gasteiger partial charge on any atom is 0.0233 e. The van der Waals surface area contributed by atoms with Gasteiger partial charge in [0.1, 0.15) is 0 Å². The zero-order valence-electron chi connectivity index (χ0n) is 11.0. The van der Waals surface area contributed by atoms with Crippen molar-refractivity contribution in [2.45, 2.75) is 33.4 Å². The molecule has 1 fully saturated rings. The van der Waals surface area contributed by atoms with E-state index in [4.69, 9.17) is 5.73 Å². The Morgan fingerprint density at radius 1 is 1.06 bits per heavy atom. The van der Waals surface area contributed by atoms with E-state index >= 15 is 0 Å². The van der Waals surface area contributed by atoms with Gasteiger partial charge in [0.05, 0.1) is 0 Å². The average Bonchev–Trinajstić information content (AvgIpc) is 2.28. The van der Waals surface area contributed by atoms with Crippen LogP contribution < -0.4 is 5.73 Å². The lowest BCUT2D eigenvalue weighted by atomic mass is 9.91. The summed E-state index contributed by atoms with van der Waals surface area (Å²) in [5, 5.41) is 0. The van der Waals surface area contributed by atoms with Gasteiger partial charge in [-0.3, -0.25) is 4.90 Å². The van der Waals surface area contributed by atoms with Gasteiger partial charge in [-0.25, -0.2) is 0 Å². The summed E-state index contributed by atoms with van der Waals surface area (Å²) in [5.41, 5.74) is 8.23. The standard InChI is InChI=1S/C15H24N2/c1-12-7-13(2)10-17(9-12)11-15-5-3-14(8-16)4-6-15/h3-6,12-13H,7-11,16H2,1-2H3/t12-,13-/m1/s1. The van der Waals surface area contributed by atoms with Crippen LogP contribution in [0.1, 0.15) is 31.4 Å². The molecule has 2 heteroatoms. The molecule has 0 unspecified atom stereocenters. The molecule has 0 bridgehead atoms. The minimum absolute atomic E-state index is 0.637. The van der Waals surface area contributed by atoms with Crippen LogP contribution in [0.5, 0.6) is 0 Å².